The van der Waals surface area contributed by atoms with Crippen LogP contribution < -0.4 is 9.64 Å². The van der Waals surface area contributed by atoms with Gasteiger partial charge in [-0.05, 0) is 24.3 Å². The number of hydrogen-bond acceptors (Lipinski definition) is 4. The van der Waals surface area contributed by atoms with Crippen molar-refractivity contribution in [2.24, 2.45) is 0 Å². The van der Waals surface area contributed by atoms with E-state index in [0.717, 1.165) is 0 Å². The van der Waals surface area contributed by atoms with Gasteiger partial charge in [0.25, 0.3) is 5.91 Å². The van der Waals surface area contributed by atoms with Gasteiger partial charge in [0, 0.05) is 12.1 Å². The van der Waals surface area contributed by atoms with E-state index < -0.39 is 6.04 Å². The third-order valence-corrected chi connectivity index (χ3v) is 3.63. The van der Waals surface area contributed by atoms with E-state index in [1.165, 1.54) is 4.90 Å². The van der Waals surface area contributed by atoms with Gasteiger partial charge in [-0.1, -0.05) is 36.4 Å². The van der Waals surface area contributed by atoms with Crippen LogP contribution in [0, 0.1) is 0 Å². The Labute approximate surface area is 134 Å². The van der Waals surface area contributed by atoms with Crippen molar-refractivity contribution in [1.29, 1.82) is 0 Å². The third kappa shape index (κ3) is 3.51. The monoisotopic (exact) mass is 311 g/mol. The molecule has 118 valence electrons. The minimum atomic E-state index is -0.593. The lowest BCUT2D eigenvalue weighted by atomic mass is 10.1. The number of esters is 1. The molecule has 5 heteroatoms. The fourth-order valence-electron chi connectivity index (χ4n) is 2.54. The SMILES string of the molecule is O=C1OCCC1N(C(=O)COc1ccccc1)c1ccccc1. The Balaban J connectivity index is 1.77. The zero-order valence-corrected chi connectivity index (χ0v) is 12.6. The molecule has 0 N–H and O–H groups in total. The second kappa shape index (κ2) is 6.96. The van der Waals surface area contributed by atoms with Gasteiger partial charge in [-0.3, -0.25) is 9.69 Å². The molecule has 2 aromatic rings. The minimum absolute atomic E-state index is 0.136. The molecule has 0 saturated carbocycles. The Kier molecular flexibility index (Phi) is 4.57. The zero-order valence-electron chi connectivity index (χ0n) is 12.6. The van der Waals surface area contributed by atoms with Crippen LogP contribution in [0.5, 0.6) is 5.75 Å². The molecule has 1 aliphatic rings. The fraction of sp³-hybridized carbons (Fsp3) is 0.222. The first-order valence-corrected chi connectivity index (χ1v) is 7.47. The first-order chi connectivity index (χ1) is 11.3. The van der Waals surface area contributed by atoms with Crippen molar-refractivity contribution in [1.82, 2.24) is 0 Å². The van der Waals surface area contributed by atoms with E-state index in [0.29, 0.717) is 24.5 Å². The molecule has 23 heavy (non-hydrogen) atoms. The maximum Gasteiger partial charge on any atom is 0.329 e. The number of ether oxygens (including phenoxy) is 2. The Morgan fingerprint density at radius 1 is 1.09 bits per heavy atom. The summed E-state index contributed by atoms with van der Waals surface area (Å²) in [5.41, 5.74) is 0.665. The summed E-state index contributed by atoms with van der Waals surface area (Å²) in [5, 5.41) is 0. The maximum atomic E-state index is 12.6. The van der Waals surface area contributed by atoms with Crippen molar-refractivity contribution in [3.63, 3.8) is 0 Å². The molecule has 0 spiro atoms. The predicted molar refractivity (Wildman–Crippen MR) is 85.2 cm³/mol. The fourth-order valence-corrected chi connectivity index (χ4v) is 2.54. The molecule has 1 unspecified atom stereocenters. The summed E-state index contributed by atoms with van der Waals surface area (Å²) in [6.45, 7) is 0.197. The largest absolute Gasteiger partial charge is 0.484 e. The van der Waals surface area contributed by atoms with Crippen LogP contribution in [0.1, 0.15) is 6.42 Å². The molecule has 1 aliphatic heterocycles. The van der Waals surface area contributed by atoms with Crippen molar-refractivity contribution < 1.29 is 19.1 Å². The van der Waals surface area contributed by atoms with Crippen LogP contribution in [0.2, 0.25) is 0 Å². The van der Waals surface area contributed by atoms with Crippen molar-refractivity contribution in [2.75, 3.05) is 18.1 Å². The average molecular weight is 311 g/mol. The van der Waals surface area contributed by atoms with Crippen LogP contribution in [0.15, 0.2) is 60.7 Å². The summed E-state index contributed by atoms with van der Waals surface area (Å²) in [6.07, 6.45) is 0.491. The van der Waals surface area contributed by atoms with Crippen LogP contribution in [0.3, 0.4) is 0 Å². The number of hydrogen-bond donors (Lipinski definition) is 0. The normalized spacial score (nSPS) is 16.7. The van der Waals surface area contributed by atoms with E-state index in [9.17, 15) is 9.59 Å². The lowest BCUT2D eigenvalue weighted by Gasteiger charge is -2.26. The van der Waals surface area contributed by atoms with Gasteiger partial charge in [0.2, 0.25) is 0 Å². The standard InChI is InChI=1S/C18H17NO4/c20-17(13-23-15-9-5-2-6-10-15)19(14-7-3-1-4-8-14)16-11-12-22-18(16)21/h1-10,16H,11-13H2. The number of rotatable bonds is 5. The molecule has 1 atom stereocenters. The van der Waals surface area contributed by atoms with Gasteiger partial charge in [0.05, 0.1) is 6.61 Å². The van der Waals surface area contributed by atoms with Crippen LogP contribution in [0.25, 0.3) is 0 Å². The number of nitrogens with zero attached hydrogens (tertiary/aromatic N) is 1. The highest BCUT2D eigenvalue weighted by atomic mass is 16.5. The molecule has 2 aromatic carbocycles. The van der Waals surface area contributed by atoms with Crippen molar-refractivity contribution in [3.05, 3.63) is 60.7 Å². The summed E-state index contributed by atoms with van der Waals surface area (Å²) in [4.78, 5) is 26.0. The number of anilines is 1. The highest BCUT2D eigenvalue weighted by Crippen LogP contribution is 2.23. The average Bonchev–Trinajstić information content (AvgIpc) is 3.01. The van der Waals surface area contributed by atoms with Crippen LogP contribution >= 0.6 is 0 Å². The zero-order chi connectivity index (χ0) is 16.1. The maximum absolute atomic E-state index is 12.6. The van der Waals surface area contributed by atoms with E-state index in [2.05, 4.69) is 0 Å². The second-order valence-corrected chi connectivity index (χ2v) is 5.17. The van der Waals surface area contributed by atoms with Gasteiger partial charge in [0.15, 0.2) is 6.61 Å². The minimum Gasteiger partial charge on any atom is -0.484 e. The highest BCUT2D eigenvalue weighted by molar-refractivity contribution is 6.00. The molecule has 5 nitrogen and oxygen atoms in total. The number of benzene rings is 2. The third-order valence-electron chi connectivity index (χ3n) is 3.63. The van der Waals surface area contributed by atoms with Crippen molar-refractivity contribution in [2.45, 2.75) is 12.5 Å². The summed E-state index contributed by atoms with van der Waals surface area (Å²) < 4.78 is 10.5. The van der Waals surface area contributed by atoms with E-state index >= 15 is 0 Å². The molecule has 1 saturated heterocycles. The van der Waals surface area contributed by atoms with E-state index in [-0.39, 0.29) is 18.5 Å². The van der Waals surface area contributed by atoms with Crippen LogP contribution in [-0.2, 0) is 14.3 Å². The number of amides is 1. The van der Waals surface area contributed by atoms with Gasteiger partial charge in [0.1, 0.15) is 11.8 Å². The van der Waals surface area contributed by atoms with Gasteiger partial charge >= 0.3 is 5.97 Å². The molecule has 3 rings (SSSR count). The number of para-hydroxylation sites is 2. The molecule has 1 heterocycles. The first-order valence-electron chi connectivity index (χ1n) is 7.47. The molecule has 1 fully saturated rings. The Morgan fingerprint density at radius 3 is 2.35 bits per heavy atom. The number of cyclic esters (lactones) is 1. The van der Waals surface area contributed by atoms with E-state index in [1.54, 1.807) is 24.3 Å². The predicted octanol–water partition coefficient (Wildman–Crippen LogP) is 2.41. The smallest absolute Gasteiger partial charge is 0.329 e. The van der Waals surface area contributed by atoms with Crippen molar-refractivity contribution in [3.8, 4) is 5.75 Å². The van der Waals surface area contributed by atoms with E-state index in [1.807, 2.05) is 36.4 Å². The molecule has 0 radical (unpaired) electrons. The Hall–Kier alpha value is -2.82. The molecule has 0 bridgehead atoms. The summed E-state index contributed by atoms with van der Waals surface area (Å²) in [5.74, 6) is -0.0336. The molecular weight excluding hydrogens is 294 g/mol. The Bertz CT molecular complexity index is 672. The summed E-state index contributed by atoms with van der Waals surface area (Å²) >= 11 is 0. The topological polar surface area (TPSA) is 55.8 Å². The molecule has 1 amide bonds. The molecular formula is C18H17NO4. The van der Waals surface area contributed by atoms with Crippen LogP contribution in [0.4, 0.5) is 5.69 Å². The summed E-state index contributed by atoms with van der Waals surface area (Å²) in [6, 6.07) is 17.6. The highest BCUT2D eigenvalue weighted by Gasteiger charge is 2.36. The van der Waals surface area contributed by atoms with Crippen molar-refractivity contribution >= 4 is 17.6 Å². The number of carbonyl (C=O) groups excluding carboxylic acids is 2. The summed E-state index contributed by atoms with van der Waals surface area (Å²) in [7, 11) is 0. The van der Waals surface area contributed by atoms with E-state index in [4.69, 9.17) is 9.47 Å². The lowest BCUT2D eigenvalue weighted by Crippen LogP contribution is -2.45. The van der Waals surface area contributed by atoms with Gasteiger partial charge in [-0.25, -0.2) is 4.79 Å². The van der Waals surface area contributed by atoms with Gasteiger partial charge < -0.3 is 9.47 Å². The number of carbonyl (C=O) groups is 2. The van der Waals surface area contributed by atoms with Crippen LogP contribution in [-0.4, -0.2) is 31.1 Å². The lowest BCUT2D eigenvalue weighted by molar-refractivity contribution is -0.140. The quantitative estimate of drug-likeness (QED) is 0.796. The van der Waals surface area contributed by atoms with Gasteiger partial charge in [-0.2, -0.15) is 0 Å². The molecule has 0 aromatic heterocycles. The Morgan fingerprint density at radius 2 is 1.74 bits per heavy atom. The van der Waals surface area contributed by atoms with Gasteiger partial charge in [-0.15, -0.1) is 0 Å². The molecule has 0 aliphatic carbocycles. The first kappa shape index (κ1) is 15.1. The second-order valence-electron chi connectivity index (χ2n) is 5.17.